The lowest BCUT2D eigenvalue weighted by Crippen LogP contribution is -2.45. The molecule has 1 saturated heterocycles. The lowest BCUT2D eigenvalue weighted by Gasteiger charge is -2.37. The largest absolute Gasteiger partial charge is 0.475 e. The molecular formula is C28H33BrN4O. The zero-order valence-electron chi connectivity index (χ0n) is 19.8. The van der Waals surface area contributed by atoms with Crippen molar-refractivity contribution >= 4 is 26.8 Å². The Morgan fingerprint density at radius 3 is 2.79 bits per heavy atom. The summed E-state index contributed by atoms with van der Waals surface area (Å²) in [6.45, 7) is 6.90. The van der Waals surface area contributed by atoms with Crippen LogP contribution in [0.25, 0.3) is 10.9 Å². The second kappa shape index (κ2) is 9.84. The molecule has 5 nitrogen and oxygen atoms in total. The van der Waals surface area contributed by atoms with Crippen molar-refractivity contribution in [2.75, 3.05) is 32.9 Å². The number of benzene rings is 1. The lowest BCUT2D eigenvalue weighted by atomic mass is 10.0. The van der Waals surface area contributed by atoms with Crippen molar-refractivity contribution in [1.29, 1.82) is 0 Å². The molecule has 0 N–H and O–H groups in total. The lowest BCUT2D eigenvalue weighted by molar-refractivity contribution is 0.0589. The van der Waals surface area contributed by atoms with E-state index in [0.29, 0.717) is 12.8 Å². The normalized spacial score (nSPS) is 22.3. The zero-order valence-corrected chi connectivity index (χ0v) is 21.3. The number of aromatic nitrogens is 1. The molecule has 0 spiro atoms. The molecule has 1 aromatic carbocycles. The minimum atomic E-state index is 0.673. The maximum absolute atomic E-state index is 6.33. The van der Waals surface area contributed by atoms with E-state index < -0.39 is 0 Å². The maximum atomic E-state index is 6.33. The van der Waals surface area contributed by atoms with E-state index in [1.807, 2.05) is 6.20 Å². The predicted molar refractivity (Wildman–Crippen MR) is 141 cm³/mol. The highest BCUT2D eigenvalue weighted by molar-refractivity contribution is 9.11. The highest BCUT2D eigenvalue weighted by atomic mass is 79.9. The molecule has 1 saturated carbocycles. The highest BCUT2D eigenvalue weighted by Crippen LogP contribution is 2.37. The van der Waals surface area contributed by atoms with Crippen LogP contribution in [0.2, 0.25) is 0 Å². The summed E-state index contributed by atoms with van der Waals surface area (Å²) in [4.78, 5) is 12.4. The Morgan fingerprint density at radius 1 is 1.09 bits per heavy atom. The van der Waals surface area contributed by atoms with E-state index in [-0.39, 0.29) is 0 Å². The summed E-state index contributed by atoms with van der Waals surface area (Å²) in [6, 6.07) is 7.35. The first-order chi connectivity index (χ1) is 16.7. The van der Waals surface area contributed by atoms with Crippen LogP contribution >= 0.6 is 15.9 Å². The second-order valence-corrected chi connectivity index (χ2v) is 11.0. The molecule has 0 unspecified atom stereocenters. The molecule has 4 aliphatic rings. The van der Waals surface area contributed by atoms with Crippen molar-refractivity contribution in [3.05, 3.63) is 70.0 Å². The van der Waals surface area contributed by atoms with Gasteiger partial charge < -0.3 is 9.64 Å². The third-order valence-electron chi connectivity index (χ3n) is 7.77. The molecule has 2 aliphatic heterocycles. The van der Waals surface area contributed by atoms with Crippen molar-refractivity contribution in [3.8, 4) is 5.75 Å². The topological polar surface area (TPSA) is 31.8 Å². The fraction of sp³-hybridized carbons (Fsp3) is 0.464. The van der Waals surface area contributed by atoms with Crippen LogP contribution in [0.15, 0.2) is 58.9 Å². The van der Waals surface area contributed by atoms with Crippen LogP contribution in [-0.2, 0) is 13.1 Å². The molecule has 2 aliphatic carbocycles. The number of allylic oxidation sites excluding steroid dienone is 5. The molecule has 2 fully saturated rings. The van der Waals surface area contributed by atoms with Crippen LogP contribution in [0.4, 0.5) is 0 Å². The number of halogens is 1. The quantitative estimate of drug-likeness (QED) is 0.526. The number of fused-ring (bicyclic) bond motifs is 3. The molecule has 6 rings (SSSR count). The Bertz CT molecular complexity index is 1140. The fourth-order valence-corrected chi connectivity index (χ4v) is 6.20. The van der Waals surface area contributed by atoms with Crippen molar-refractivity contribution in [2.45, 2.75) is 51.2 Å². The minimum absolute atomic E-state index is 0.673. The van der Waals surface area contributed by atoms with Gasteiger partial charge in [-0.25, -0.2) is 0 Å². The standard InChI is InChI=1S/C28H33BrN4O/c29-23-5-3-8-25(11-10-23)32-15-13-31(14-16-32)18-21-17-22-19-33(24-6-1-2-7-24)20-34-28(22)27-26(21)9-4-12-30-27/h3-4,8-12,17,24H,1-2,5-7,13-16,18-20H2. The van der Waals surface area contributed by atoms with E-state index in [2.05, 4.69) is 73.1 Å². The Labute approximate surface area is 210 Å². The van der Waals surface area contributed by atoms with Crippen LogP contribution < -0.4 is 4.74 Å². The summed E-state index contributed by atoms with van der Waals surface area (Å²) in [5.74, 6) is 1.00. The predicted octanol–water partition coefficient (Wildman–Crippen LogP) is 5.57. The fourth-order valence-electron chi connectivity index (χ4n) is 5.88. The van der Waals surface area contributed by atoms with Gasteiger partial charge in [0.25, 0.3) is 0 Å². The van der Waals surface area contributed by atoms with Crippen LogP contribution in [0.5, 0.6) is 5.75 Å². The molecule has 0 bridgehead atoms. The van der Waals surface area contributed by atoms with E-state index >= 15 is 0 Å². The first-order valence-electron chi connectivity index (χ1n) is 12.7. The molecule has 178 valence electrons. The van der Waals surface area contributed by atoms with Gasteiger partial charge in [-0.2, -0.15) is 0 Å². The van der Waals surface area contributed by atoms with E-state index in [9.17, 15) is 0 Å². The Balaban J connectivity index is 1.20. The number of hydrogen-bond donors (Lipinski definition) is 0. The van der Waals surface area contributed by atoms with Gasteiger partial charge in [-0.1, -0.05) is 40.9 Å². The Kier molecular flexibility index (Phi) is 6.46. The van der Waals surface area contributed by atoms with E-state index in [4.69, 9.17) is 9.72 Å². The van der Waals surface area contributed by atoms with Crippen molar-refractivity contribution in [1.82, 2.24) is 19.7 Å². The molecule has 0 radical (unpaired) electrons. The van der Waals surface area contributed by atoms with Crippen molar-refractivity contribution in [2.24, 2.45) is 0 Å². The summed E-state index contributed by atoms with van der Waals surface area (Å²) >= 11 is 3.63. The molecular weight excluding hydrogens is 488 g/mol. The van der Waals surface area contributed by atoms with Crippen molar-refractivity contribution < 1.29 is 4.74 Å². The summed E-state index contributed by atoms with van der Waals surface area (Å²) in [7, 11) is 0. The van der Waals surface area contributed by atoms with E-state index in [1.165, 1.54) is 52.4 Å². The van der Waals surface area contributed by atoms with Gasteiger partial charge in [0.1, 0.15) is 12.2 Å². The van der Waals surface area contributed by atoms with E-state index in [0.717, 1.165) is 57.0 Å². The van der Waals surface area contributed by atoms with Gasteiger partial charge in [0.15, 0.2) is 5.75 Å². The summed E-state index contributed by atoms with van der Waals surface area (Å²) in [5.41, 5.74) is 5.05. The molecule has 2 aromatic rings. The first-order valence-corrected chi connectivity index (χ1v) is 13.5. The summed E-state index contributed by atoms with van der Waals surface area (Å²) in [5, 5.41) is 1.24. The Hall–Kier alpha value is -2.15. The minimum Gasteiger partial charge on any atom is -0.475 e. The van der Waals surface area contributed by atoms with Gasteiger partial charge in [-0.15, -0.1) is 0 Å². The van der Waals surface area contributed by atoms with Gasteiger partial charge in [0.05, 0.1) is 0 Å². The van der Waals surface area contributed by atoms with Gasteiger partial charge in [0.2, 0.25) is 0 Å². The number of rotatable bonds is 4. The maximum Gasteiger partial charge on any atom is 0.152 e. The van der Waals surface area contributed by atoms with Gasteiger partial charge in [0, 0.05) is 68.2 Å². The SMILES string of the molecule is BrC1=CC=C(N2CCN(Cc3cc4c(c5ncccc35)OCN(C3CCCC3)C4)CC2)C=CC1. The highest BCUT2D eigenvalue weighted by Gasteiger charge is 2.29. The van der Waals surface area contributed by atoms with Gasteiger partial charge in [-0.05, 0) is 59.7 Å². The number of nitrogens with zero attached hydrogens (tertiary/aromatic N) is 4. The van der Waals surface area contributed by atoms with Crippen molar-refractivity contribution in [3.63, 3.8) is 0 Å². The number of pyridine rings is 1. The second-order valence-electron chi connectivity index (χ2n) is 9.96. The average molecular weight is 522 g/mol. The van der Waals surface area contributed by atoms with Crippen LogP contribution in [0.3, 0.4) is 0 Å². The van der Waals surface area contributed by atoms with Crippen LogP contribution in [0.1, 0.15) is 43.2 Å². The molecule has 1 aromatic heterocycles. The monoisotopic (exact) mass is 520 g/mol. The summed E-state index contributed by atoms with van der Waals surface area (Å²) < 4.78 is 7.57. The van der Waals surface area contributed by atoms with Gasteiger partial charge >= 0.3 is 0 Å². The van der Waals surface area contributed by atoms with Crippen LogP contribution in [-0.4, -0.2) is 58.6 Å². The van der Waals surface area contributed by atoms with E-state index in [1.54, 1.807) is 0 Å². The number of ether oxygens (including phenoxy) is 1. The number of hydrogen-bond acceptors (Lipinski definition) is 5. The third-order valence-corrected chi connectivity index (χ3v) is 8.35. The zero-order chi connectivity index (χ0) is 22.9. The van der Waals surface area contributed by atoms with Gasteiger partial charge in [-0.3, -0.25) is 14.8 Å². The summed E-state index contributed by atoms with van der Waals surface area (Å²) in [6.07, 6.45) is 17.1. The number of piperazine rings is 1. The third kappa shape index (κ3) is 4.56. The molecule has 6 heteroatoms. The smallest absolute Gasteiger partial charge is 0.152 e. The van der Waals surface area contributed by atoms with Crippen LogP contribution in [0, 0.1) is 0 Å². The Morgan fingerprint density at radius 2 is 1.94 bits per heavy atom. The molecule has 0 atom stereocenters. The molecule has 3 heterocycles. The first kappa shape index (κ1) is 22.3. The molecule has 34 heavy (non-hydrogen) atoms. The molecule has 0 amide bonds. The average Bonchev–Trinajstić information content (AvgIpc) is 3.33.